The Hall–Kier alpha value is -3.58. The SMILES string of the molecule is COC(=O)c1ccc2[nH]cc(CCCCN3CCN(c4ccc5occc(=O)c5c4)CC3)c2c1. The van der Waals surface area contributed by atoms with Crippen LogP contribution in [0.15, 0.2) is 64.1 Å². The minimum absolute atomic E-state index is 0.00143. The highest BCUT2D eigenvalue weighted by Crippen LogP contribution is 2.23. The van der Waals surface area contributed by atoms with E-state index in [9.17, 15) is 9.59 Å². The molecule has 0 bridgehead atoms. The number of ether oxygens (including phenoxy) is 1. The summed E-state index contributed by atoms with van der Waals surface area (Å²) >= 11 is 0. The van der Waals surface area contributed by atoms with E-state index in [4.69, 9.17) is 9.15 Å². The zero-order valence-electron chi connectivity index (χ0n) is 19.4. The summed E-state index contributed by atoms with van der Waals surface area (Å²) in [7, 11) is 1.41. The average molecular weight is 460 g/mol. The van der Waals surface area contributed by atoms with Gasteiger partial charge in [-0.1, -0.05) is 0 Å². The van der Waals surface area contributed by atoms with Crippen LogP contribution in [-0.4, -0.2) is 55.7 Å². The number of rotatable bonds is 7. The van der Waals surface area contributed by atoms with E-state index in [1.807, 2.05) is 30.3 Å². The molecule has 2 aromatic heterocycles. The van der Waals surface area contributed by atoms with E-state index in [2.05, 4.69) is 21.0 Å². The van der Waals surface area contributed by atoms with Crippen LogP contribution in [0.1, 0.15) is 28.8 Å². The van der Waals surface area contributed by atoms with Gasteiger partial charge < -0.3 is 19.0 Å². The first-order chi connectivity index (χ1) is 16.6. The third-order valence-electron chi connectivity index (χ3n) is 6.74. The van der Waals surface area contributed by atoms with Crippen LogP contribution in [0.4, 0.5) is 5.69 Å². The molecule has 0 radical (unpaired) electrons. The molecule has 0 atom stereocenters. The molecule has 0 amide bonds. The van der Waals surface area contributed by atoms with Crippen molar-refractivity contribution in [1.82, 2.24) is 9.88 Å². The molecule has 176 valence electrons. The number of methoxy groups -OCH3 is 1. The van der Waals surface area contributed by atoms with E-state index in [0.717, 1.165) is 68.6 Å². The third-order valence-corrected chi connectivity index (χ3v) is 6.74. The largest absolute Gasteiger partial charge is 0.465 e. The summed E-state index contributed by atoms with van der Waals surface area (Å²) in [4.78, 5) is 32.1. The first-order valence-electron chi connectivity index (χ1n) is 11.8. The summed E-state index contributed by atoms with van der Waals surface area (Å²) < 4.78 is 10.3. The van der Waals surface area contributed by atoms with Gasteiger partial charge in [0.05, 0.1) is 24.3 Å². The molecule has 1 aliphatic heterocycles. The number of aryl methyl sites for hydroxylation is 1. The molecular formula is C27H29N3O4. The van der Waals surface area contributed by atoms with Crippen molar-refractivity contribution in [2.75, 3.05) is 44.7 Å². The Kier molecular flexibility index (Phi) is 6.36. The molecule has 7 nitrogen and oxygen atoms in total. The number of benzene rings is 2. The van der Waals surface area contributed by atoms with Gasteiger partial charge in [0.2, 0.25) is 0 Å². The molecule has 0 spiro atoms. The van der Waals surface area contributed by atoms with Gasteiger partial charge in [-0.05, 0) is 67.8 Å². The smallest absolute Gasteiger partial charge is 0.337 e. The molecule has 1 saturated heterocycles. The van der Waals surface area contributed by atoms with E-state index >= 15 is 0 Å². The molecule has 1 aliphatic rings. The lowest BCUT2D eigenvalue weighted by Crippen LogP contribution is -2.46. The lowest BCUT2D eigenvalue weighted by Gasteiger charge is -2.36. The number of hydrogen-bond acceptors (Lipinski definition) is 6. The van der Waals surface area contributed by atoms with Gasteiger partial charge in [-0.15, -0.1) is 0 Å². The number of piperazine rings is 1. The van der Waals surface area contributed by atoms with E-state index in [-0.39, 0.29) is 11.4 Å². The number of unbranched alkanes of at least 4 members (excludes halogenated alkanes) is 1. The molecule has 5 rings (SSSR count). The van der Waals surface area contributed by atoms with Gasteiger partial charge in [-0.2, -0.15) is 0 Å². The number of hydrogen-bond donors (Lipinski definition) is 1. The van der Waals surface area contributed by atoms with Gasteiger partial charge >= 0.3 is 5.97 Å². The lowest BCUT2D eigenvalue weighted by atomic mass is 10.0. The fraction of sp³-hybridized carbons (Fsp3) is 0.333. The molecule has 1 N–H and O–H groups in total. The fourth-order valence-electron chi connectivity index (χ4n) is 4.78. The Balaban J connectivity index is 1.12. The number of aromatic nitrogens is 1. The quantitative estimate of drug-likeness (QED) is 0.330. The Morgan fingerprint density at radius 3 is 2.71 bits per heavy atom. The summed E-state index contributed by atoms with van der Waals surface area (Å²) in [5.41, 5.74) is 4.58. The summed E-state index contributed by atoms with van der Waals surface area (Å²) in [6, 6.07) is 13.0. The van der Waals surface area contributed by atoms with Gasteiger partial charge in [0.1, 0.15) is 5.58 Å². The molecule has 34 heavy (non-hydrogen) atoms. The summed E-state index contributed by atoms with van der Waals surface area (Å²) in [6.45, 7) is 4.99. The number of carbonyl (C=O) groups is 1. The first kappa shape index (κ1) is 22.2. The van der Waals surface area contributed by atoms with E-state index < -0.39 is 0 Å². The molecule has 0 aliphatic carbocycles. The number of esters is 1. The second kappa shape index (κ2) is 9.73. The minimum atomic E-state index is -0.305. The van der Waals surface area contributed by atoms with Crippen molar-refractivity contribution in [3.63, 3.8) is 0 Å². The molecule has 2 aromatic carbocycles. The molecule has 1 fully saturated rings. The van der Waals surface area contributed by atoms with Crippen LogP contribution in [0.25, 0.3) is 21.9 Å². The molecule has 4 aromatic rings. The highest BCUT2D eigenvalue weighted by molar-refractivity contribution is 5.95. The fourth-order valence-corrected chi connectivity index (χ4v) is 4.78. The number of nitrogens with zero attached hydrogens (tertiary/aromatic N) is 2. The standard InChI is InChI=1S/C27H29N3O4/c1-33-27(32)19-5-7-24-22(16-19)20(18-28-24)4-2-3-10-29-11-13-30(14-12-29)21-6-8-26-23(17-21)25(31)9-15-34-26/h5-9,15-18,28H,2-4,10-14H2,1H3. The highest BCUT2D eigenvalue weighted by Gasteiger charge is 2.18. The monoisotopic (exact) mass is 459 g/mol. The van der Waals surface area contributed by atoms with Crippen LogP contribution in [0.3, 0.4) is 0 Å². The lowest BCUT2D eigenvalue weighted by molar-refractivity contribution is 0.0601. The van der Waals surface area contributed by atoms with Crippen molar-refractivity contribution in [3.8, 4) is 0 Å². The molecule has 3 heterocycles. The molecule has 0 unspecified atom stereocenters. The topological polar surface area (TPSA) is 78.8 Å². The van der Waals surface area contributed by atoms with Gasteiger partial charge in [-0.25, -0.2) is 4.79 Å². The van der Waals surface area contributed by atoms with Crippen molar-refractivity contribution in [2.24, 2.45) is 0 Å². The number of anilines is 1. The Bertz CT molecular complexity index is 1370. The third kappa shape index (κ3) is 4.56. The maximum atomic E-state index is 12.1. The van der Waals surface area contributed by atoms with Crippen molar-refractivity contribution in [2.45, 2.75) is 19.3 Å². The van der Waals surface area contributed by atoms with Crippen LogP contribution < -0.4 is 10.3 Å². The summed E-state index contributed by atoms with van der Waals surface area (Å²) in [5, 5.41) is 1.74. The molecule has 0 saturated carbocycles. The average Bonchev–Trinajstić information content (AvgIpc) is 3.29. The molecule has 7 heteroatoms. The van der Waals surface area contributed by atoms with Crippen molar-refractivity contribution < 1.29 is 13.9 Å². The summed E-state index contributed by atoms with van der Waals surface area (Å²) in [6.07, 6.45) is 6.69. The van der Waals surface area contributed by atoms with Gasteiger partial charge in [0.15, 0.2) is 5.43 Å². The van der Waals surface area contributed by atoms with E-state index in [1.54, 1.807) is 6.07 Å². The zero-order valence-corrected chi connectivity index (χ0v) is 19.4. The maximum absolute atomic E-state index is 12.1. The van der Waals surface area contributed by atoms with Crippen molar-refractivity contribution in [1.29, 1.82) is 0 Å². The highest BCUT2D eigenvalue weighted by atomic mass is 16.5. The molecular weight excluding hydrogens is 430 g/mol. The van der Waals surface area contributed by atoms with Crippen molar-refractivity contribution >= 4 is 33.5 Å². The minimum Gasteiger partial charge on any atom is -0.465 e. The van der Waals surface area contributed by atoms with Crippen LogP contribution in [-0.2, 0) is 11.2 Å². The van der Waals surface area contributed by atoms with Crippen LogP contribution in [0.5, 0.6) is 0 Å². The number of carbonyl (C=O) groups excluding carboxylic acids is 1. The van der Waals surface area contributed by atoms with E-state index in [1.165, 1.54) is 25.0 Å². The number of fused-ring (bicyclic) bond motifs is 2. The number of aromatic amines is 1. The van der Waals surface area contributed by atoms with Crippen LogP contribution in [0, 0.1) is 0 Å². The summed E-state index contributed by atoms with van der Waals surface area (Å²) in [5.74, 6) is -0.305. The van der Waals surface area contributed by atoms with Gasteiger partial charge in [-0.3, -0.25) is 9.69 Å². The van der Waals surface area contributed by atoms with Crippen molar-refractivity contribution in [3.05, 3.63) is 76.3 Å². The normalized spacial score (nSPS) is 14.7. The predicted octanol–water partition coefficient (Wildman–Crippen LogP) is 4.21. The van der Waals surface area contributed by atoms with E-state index in [0.29, 0.717) is 16.5 Å². The number of nitrogens with one attached hydrogen (secondary N) is 1. The predicted molar refractivity (Wildman–Crippen MR) is 134 cm³/mol. The van der Waals surface area contributed by atoms with Crippen LogP contribution >= 0.6 is 0 Å². The van der Waals surface area contributed by atoms with Gasteiger partial charge in [0.25, 0.3) is 0 Å². The Morgan fingerprint density at radius 1 is 1.03 bits per heavy atom. The zero-order chi connectivity index (χ0) is 23.5. The first-order valence-corrected chi connectivity index (χ1v) is 11.8. The Labute approximate surface area is 197 Å². The second-order valence-electron chi connectivity index (χ2n) is 8.82. The van der Waals surface area contributed by atoms with Gasteiger partial charge in [0, 0.05) is 55.0 Å². The second-order valence-corrected chi connectivity index (χ2v) is 8.82. The maximum Gasteiger partial charge on any atom is 0.337 e. The van der Waals surface area contributed by atoms with Crippen LogP contribution in [0.2, 0.25) is 0 Å². The Morgan fingerprint density at radius 2 is 1.88 bits per heavy atom. The number of H-pyrrole nitrogens is 1.